The Kier molecular flexibility index (Phi) is 5.59. The number of aromatic nitrogens is 2. The molecule has 2 N–H and O–H groups in total. The molecule has 5 nitrogen and oxygen atoms in total. The lowest BCUT2D eigenvalue weighted by atomic mass is 10.3. The van der Waals surface area contributed by atoms with E-state index in [0.29, 0.717) is 12.2 Å². The first-order valence-corrected chi connectivity index (χ1v) is 7.95. The summed E-state index contributed by atoms with van der Waals surface area (Å²) in [6.45, 7) is 0.656. The maximum absolute atomic E-state index is 11.8. The van der Waals surface area contributed by atoms with Gasteiger partial charge in [0.2, 0.25) is 0 Å². The highest BCUT2D eigenvalue weighted by Gasteiger charge is 2.08. The third-order valence-electron chi connectivity index (χ3n) is 2.61. The molecule has 2 aromatic rings. The fourth-order valence-electron chi connectivity index (χ4n) is 1.65. The van der Waals surface area contributed by atoms with Gasteiger partial charge in [0.25, 0.3) is 5.56 Å². The molecule has 0 aliphatic carbocycles. The summed E-state index contributed by atoms with van der Waals surface area (Å²) in [5.74, 6) is 0. The molecule has 0 spiro atoms. The molecule has 0 radical (unpaired) electrons. The van der Waals surface area contributed by atoms with Crippen molar-refractivity contribution in [1.29, 1.82) is 0 Å². The summed E-state index contributed by atoms with van der Waals surface area (Å²) in [5, 5.41) is 16.0. The first-order valence-electron chi connectivity index (χ1n) is 5.96. The summed E-state index contributed by atoms with van der Waals surface area (Å²) in [7, 11) is 0. The van der Waals surface area contributed by atoms with Gasteiger partial charge in [-0.25, -0.2) is 4.68 Å². The molecule has 0 aromatic carbocycles. The van der Waals surface area contributed by atoms with Crippen molar-refractivity contribution in [3.05, 3.63) is 42.4 Å². The Morgan fingerprint density at radius 1 is 1.50 bits per heavy atom. The molecule has 0 aliphatic heterocycles. The van der Waals surface area contributed by atoms with Gasteiger partial charge in [-0.1, -0.05) is 11.6 Å². The molecule has 0 fully saturated rings. The molecule has 20 heavy (non-hydrogen) atoms. The molecule has 108 valence electrons. The van der Waals surface area contributed by atoms with E-state index in [2.05, 4.69) is 32.4 Å². The molecule has 0 unspecified atom stereocenters. The second-order valence-corrected chi connectivity index (χ2v) is 6.93. The normalized spacial score (nSPS) is 10.8. The third kappa shape index (κ3) is 3.82. The summed E-state index contributed by atoms with van der Waals surface area (Å²) in [6.07, 6.45) is 2.34. The van der Waals surface area contributed by atoms with Crippen LogP contribution in [-0.2, 0) is 13.0 Å². The van der Waals surface area contributed by atoms with Crippen molar-refractivity contribution in [1.82, 2.24) is 9.78 Å². The van der Waals surface area contributed by atoms with Gasteiger partial charge in [-0.3, -0.25) is 4.79 Å². The molecule has 0 amide bonds. The zero-order chi connectivity index (χ0) is 14.5. The van der Waals surface area contributed by atoms with E-state index in [4.69, 9.17) is 16.7 Å². The van der Waals surface area contributed by atoms with Crippen molar-refractivity contribution in [2.75, 3.05) is 18.5 Å². The SMILES string of the molecule is O=c1c(Cl)c(NCCc2ccc(Br)s2)cnn1CCO. The number of nitrogens with one attached hydrogen (secondary N) is 1. The molecule has 2 aromatic heterocycles. The number of hydrogen-bond acceptors (Lipinski definition) is 5. The van der Waals surface area contributed by atoms with Crippen molar-refractivity contribution in [2.45, 2.75) is 13.0 Å². The second kappa shape index (κ2) is 7.21. The standard InChI is InChI=1S/C12H13BrClN3O2S/c13-10-2-1-8(20-10)3-4-15-9-7-16-17(5-6-18)12(19)11(9)14/h1-2,7,15,18H,3-6H2. The molecule has 2 rings (SSSR count). The Hall–Kier alpha value is -0.890. The highest BCUT2D eigenvalue weighted by molar-refractivity contribution is 9.11. The van der Waals surface area contributed by atoms with Crippen LogP contribution in [-0.4, -0.2) is 28.0 Å². The van der Waals surface area contributed by atoms with Crippen molar-refractivity contribution in [3.63, 3.8) is 0 Å². The molecule has 0 saturated carbocycles. The van der Waals surface area contributed by atoms with Gasteiger partial charge in [0.05, 0.1) is 28.8 Å². The fraction of sp³-hybridized carbons (Fsp3) is 0.333. The van der Waals surface area contributed by atoms with Gasteiger partial charge >= 0.3 is 0 Å². The summed E-state index contributed by atoms with van der Waals surface area (Å²) < 4.78 is 2.24. The lowest BCUT2D eigenvalue weighted by Gasteiger charge is -2.09. The first kappa shape index (κ1) is 15.5. The van der Waals surface area contributed by atoms with E-state index in [1.54, 1.807) is 11.3 Å². The second-order valence-electron chi connectivity index (χ2n) is 4.01. The summed E-state index contributed by atoms with van der Waals surface area (Å²) in [4.78, 5) is 13.1. The van der Waals surface area contributed by atoms with E-state index in [0.717, 1.165) is 14.9 Å². The van der Waals surface area contributed by atoms with E-state index in [-0.39, 0.29) is 18.2 Å². The average molecular weight is 379 g/mol. The topological polar surface area (TPSA) is 67.2 Å². The van der Waals surface area contributed by atoms with Gasteiger partial charge in [0, 0.05) is 11.4 Å². The number of aliphatic hydroxyl groups is 1. The molecule has 0 atom stereocenters. The maximum atomic E-state index is 11.8. The van der Waals surface area contributed by atoms with Crippen LogP contribution >= 0.6 is 38.9 Å². The first-order chi connectivity index (χ1) is 9.61. The smallest absolute Gasteiger partial charge is 0.287 e. The van der Waals surface area contributed by atoms with Crippen LogP contribution in [0.2, 0.25) is 5.02 Å². The largest absolute Gasteiger partial charge is 0.394 e. The highest BCUT2D eigenvalue weighted by atomic mass is 79.9. The van der Waals surface area contributed by atoms with E-state index >= 15 is 0 Å². The predicted octanol–water partition coefficient (Wildman–Crippen LogP) is 2.37. The Morgan fingerprint density at radius 3 is 2.95 bits per heavy atom. The maximum Gasteiger partial charge on any atom is 0.287 e. The zero-order valence-corrected chi connectivity index (χ0v) is 13.6. The van der Waals surface area contributed by atoms with Crippen LogP contribution < -0.4 is 10.9 Å². The van der Waals surface area contributed by atoms with E-state index in [1.807, 2.05) is 6.07 Å². The Balaban J connectivity index is 1.99. The van der Waals surface area contributed by atoms with Crippen molar-refractivity contribution < 1.29 is 5.11 Å². The number of aliphatic hydroxyl groups excluding tert-OH is 1. The van der Waals surface area contributed by atoms with Crippen molar-refractivity contribution >= 4 is 44.6 Å². The van der Waals surface area contributed by atoms with Gasteiger partial charge in [-0.15, -0.1) is 11.3 Å². The quantitative estimate of drug-likeness (QED) is 0.810. The number of rotatable bonds is 6. The Morgan fingerprint density at radius 2 is 2.30 bits per heavy atom. The fourth-order valence-corrected chi connectivity index (χ4v) is 3.34. The van der Waals surface area contributed by atoms with Gasteiger partial charge < -0.3 is 10.4 Å². The molecule has 2 heterocycles. The summed E-state index contributed by atoms with van der Waals surface area (Å²) in [6, 6.07) is 4.06. The van der Waals surface area contributed by atoms with Gasteiger partial charge in [0.15, 0.2) is 0 Å². The number of halogens is 2. The average Bonchev–Trinajstić information content (AvgIpc) is 2.84. The van der Waals surface area contributed by atoms with Gasteiger partial charge in [-0.05, 0) is 34.5 Å². The monoisotopic (exact) mass is 377 g/mol. The van der Waals surface area contributed by atoms with Crippen LogP contribution in [0.4, 0.5) is 5.69 Å². The Labute approximate surface area is 133 Å². The van der Waals surface area contributed by atoms with Crippen LogP contribution in [0.1, 0.15) is 4.88 Å². The van der Waals surface area contributed by atoms with Crippen LogP contribution in [0, 0.1) is 0 Å². The molecule has 0 aliphatic rings. The predicted molar refractivity (Wildman–Crippen MR) is 84.8 cm³/mol. The minimum atomic E-state index is -0.399. The minimum absolute atomic E-state index is 0.0980. The Bertz CT molecular complexity index is 644. The lowest BCUT2D eigenvalue weighted by Crippen LogP contribution is -2.25. The van der Waals surface area contributed by atoms with E-state index in [1.165, 1.54) is 11.1 Å². The zero-order valence-electron chi connectivity index (χ0n) is 10.5. The molecule has 0 bridgehead atoms. The van der Waals surface area contributed by atoms with Gasteiger partial charge in [0.1, 0.15) is 5.02 Å². The third-order valence-corrected chi connectivity index (χ3v) is 4.66. The van der Waals surface area contributed by atoms with E-state index < -0.39 is 5.56 Å². The minimum Gasteiger partial charge on any atom is -0.394 e. The molecular weight excluding hydrogens is 366 g/mol. The summed E-state index contributed by atoms with van der Waals surface area (Å²) >= 11 is 11.1. The number of nitrogens with zero attached hydrogens (tertiary/aromatic N) is 2. The number of thiophene rings is 1. The van der Waals surface area contributed by atoms with Crippen LogP contribution in [0.3, 0.4) is 0 Å². The highest BCUT2D eigenvalue weighted by Crippen LogP contribution is 2.22. The lowest BCUT2D eigenvalue weighted by molar-refractivity contribution is 0.266. The van der Waals surface area contributed by atoms with Crippen LogP contribution in [0.25, 0.3) is 0 Å². The molecule has 0 saturated heterocycles. The molecule has 8 heteroatoms. The van der Waals surface area contributed by atoms with E-state index in [9.17, 15) is 4.79 Å². The van der Waals surface area contributed by atoms with Crippen LogP contribution in [0.5, 0.6) is 0 Å². The number of anilines is 1. The number of hydrogen-bond donors (Lipinski definition) is 2. The van der Waals surface area contributed by atoms with Gasteiger partial charge in [-0.2, -0.15) is 5.10 Å². The molecular formula is C12H13BrClN3O2S. The van der Waals surface area contributed by atoms with Crippen molar-refractivity contribution in [2.24, 2.45) is 0 Å². The van der Waals surface area contributed by atoms with Crippen molar-refractivity contribution in [3.8, 4) is 0 Å². The summed E-state index contributed by atoms with van der Waals surface area (Å²) in [5.41, 5.74) is 0.117. The van der Waals surface area contributed by atoms with Crippen LogP contribution in [0.15, 0.2) is 26.9 Å².